The number of carbonyl (C=O) groups is 5. The van der Waals surface area contributed by atoms with E-state index in [-0.39, 0.29) is 0 Å². The Morgan fingerprint density at radius 3 is 1.70 bits per heavy atom. The SMILES string of the molecule is CC(=O)OC[C@@H](OC(C)=O)C1O[C@@H](OP(=O)(O)O)C(OC(C)=O)C(OC(C)=O)[C@@H]1OC(C)=O. The molecule has 6 atom stereocenters. The van der Waals surface area contributed by atoms with Crippen LogP contribution < -0.4 is 0 Å². The van der Waals surface area contributed by atoms with Crippen LogP contribution in [0.2, 0.25) is 0 Å². The average molecular weight is 500 g/mol. The van der Waals surface area contributed by atoms with E-state index >= 15 is 0 Å². The average Bonchev–Trinajstić information content (AvgIpc) is 2.60. The molecule has 15 nitrogen and oxygen atoms in total. The molecule has 0 aromatic carbocycles. The summed E-state index contributed by atoms with van der Waals surface area (Å²) in [4.78, 5) is 76.5. The Kier molecular flexibility index (Phi) is 10.4. The summed E-state index contributed by atoms with van der Waals surface area (Å²) < 4.78 is 46.7. The summed E-state index contributed by atoms with van der Waals surface area (Å²) in [7, 11) is -5.30. The first-order chi connectivity index (χ1) is 15.1. The molecule has 2 N–H and O–H groups in total. The molecule has 1 fully saturated rings. The smallest absolute Gasteiger partial charge is 0.462 e. The van der Waals surface area contributed by atoms with Gasteiger partial charge in [0.05, 0.1) is 0 Å². The van der Waals surface area contributed by atoms with Gasteiger partial charge in [-0.25, -0.2) is 4.57 Å². The van der Waals surface area contributed by atoms with E-state index in [9.17, 15) is 38.3 Å². The zero-order valence-electron chi connectivity index (χ0n) is 18.3. The van der Waals surface area contributed by atoms with Crippen molar-refractivity contribution in [2.45, 2.75) is 71.4 Å². The van der Waals surface area contributed by atoms with Crippen molar-refractivity contribution in [3.8, 4) is 0 Å². The van der Waals surface area contributed by atoms with Gasteiger partial charge in [0.15, 0.2) is 24.4 Å². The van der Waals surface area contributed by atoms with Crippen molar-refractivity contribution in [1.29, 1.82) is 0 Å². The molecule has 0 bridgehead atoms. The van der Waals surface area contributed by atoms with Crippen LogP contribution in [0.15, 0.2) is 0 Å². The van der Waals surface area contributed by atoms with Gasteiger partial charge in [-0.2, -0.15) is 0 Å². The van der Waals surface area contributed by atoms with E-state index in [1.807, 2.05) is 0 Å². The molecule has 33 heavy (non-hydrogen) atoms. The summed E-state index contributed by atoms with van der Waals surface area (Å²) in [6.07, 6.45) is -10.5. The lowest BCUT2D eigenvalue weighted by Crippen LogP contribution is -2.65. The molecule has 188 valence electrons. The summed E-state index contributed by atoms with van der Waals surface area (Å²) in [5.74, 6) is -4.57. The third kappa shape index (κ3) is 9.84. The topological polar surface area (TPSA) is 207 Å². The Hall–Kier alpha value is -2.58. The number of hydrogen-bond donors (Lipinski definition) is 2. The van der Waals surface area contributed by atoms with E-state index in [0.29, 0.717) is 0 Å². The first-order valence-corrected chi connectivity index (χ1v) is 10.9. The molecule has 0 amide bonds. The number of carbonyl (C=O) groups excluding carboxylic acids is 5. The number of esters is 5. The third-order valence-corrected chi connectivity index (χ3v) is 4.30. The molecule has 1 saturated heterocycles. The monoisotopic (exact) mass is 500 g/mol. The number of phosphoric ester groups is 1. The van der Waals surface area contributed by atoms with Crippen LogP contribution in [0.5, 0.6) is 0 Å². The minimum Gasteiger partial charge on any atom is -0.462 e. The lowest BCUT2D eigenvalue weighted by atomic mass is 9.94. The van der Waals surface area contributed by atoms with Crippen LogP contribution in [-0.2, 0) is 61.5 Å². The van der Waals surface area contributed by atoms with E-state index in [4.69, 9.17) is 28.4 Å². The fourth-order valence-electron chi connectivity index (χ4n) is 2.93. The molecular formula is C17H25O15P. The van der Waals surface area contributed by atoms with Gasteiger partial charge >= 0.3 is 37.7 Å². The van der Waals surface area contributed by atoms with Crippen LogP contribution in [0, 0.1) is 0 Å². The fraction of sp³-hybridized carbons (Fsp3) is 0.706. The molecule has 1 aliphatic heterocycles. The zero-order valence-corrected chi connectivity index (χ0v) is 19.2. The van der Waals surface area contributed by atoms with E-state index in [1.165, 1.54) is 0 Å². The van der Waals surface area contributed by atoms with Crippen LogP contribution in [0.1, 0.15) is 34.6 Å². The number of hydrogen-bond acceptors (Lipinski definition) is 13. The molecule has 0 radical (unpaired) electrons. The summed E-state index contributed by atoms with van der Waals surface area (Å²) >= 11 is 0. The molecule has 0 saturated carbocycles. The summed E-state index contributed by atoms with van der Waals surface area (Å²) in [6, 6.07) is 0. The second kappa shape index (κ2) is 12.0. The normalized spacial score (nSPS) is 25.8. The van der Waals surface area contributed by atoms with Crippen molar-refractivity contribution in [1.82, 2.24) is 0 Å². The highest BCUT2D eigenvalue weighted by Crippen LogP contribution is 2.42. The predicted octanol–water partition coefficient (Wildman–Crippen LogP) is -0.889. The molecule has 3 unspecified atom stereocenters. The van der Waals surface area contributed by atoms with E-state index < -0.39 is 81.1 Å². The largest absolute Gasteiger partial charge is 0.472 e. The molecule has 0 aromatic rings. The van der Waals surface area contributed by atoms with Gasteiger partial charge in [-0.1, -0.05) is 0 Å². The van der Waals surface area contributed by atoms with Crippen molar-refractivity contribution in [3.63, 3.8) is 0 Å². The van der Waals surface area contributed by atoms with Gasteiger partial charge in [0.25, 0.3) is 0 Å². The van der Waals surface area contributed by atoms with Crippen LogP contribution in [-0.4, -0.2) is 83.1 Å². The summed E-state index contributed by atoms with van der Waals surface area (Å²) in [5.41, 5.74) is 0. The molecule has 1 rings (SSSR count). The zero-order chi connectivity index (χ0) is 25.5. The predicted molar refractivity (Wildman–Crippen MR) is 101 cm³/mol. The molecule has 1 aliphatic rings. The molecule has 0 aromatic heterocycles. The van der Waals surface area contributed by atoms with Crippen LogP contribution in [0.3, 0.4) is 0 Å². The summed E-state index contributed by atoms with van der Waals surface area (Å²) in [6.45, 7) is 4.28. The Morgan fingerprint density at radius 2 is 1.27 bits per heavy atom. The van der Waals surface area contributed by atoms with Gasteiger partial charge in [0.2, 0.25) is 6.29 Å². The van der Waals surface area contributed by atoms with Crippen molar-refractivity contribution in [2.75, 3.05) is 6.61 Å². The summed E-state index contributed by atoms with van der Waals surface area (Å²) in [5, 5.41) is 0. The van der Waals surface area contributed by atoms with Gasteiger partial charge in [-0.15, -0.1) is 0 Å². The number of ether oxygens (including phenoxy) is 6. The van der Waals surface area contributed by atoms with Gasteiger partial charge in [-0.05, 0) is 0 Å². The maximum absolute atomic E-state index is 11.8. The van der Waals surface area contributed by atoms with E-state index in [0.717, 1.165) is 34.6 Å². The van der Waals surface area contributed by atoms with Gasteiger partial charge in [0.1, 0.15) is 12.7 Å². The van der Waals surface area contributed by atoms with Crippen LogP contribution in [0.25, 0.3) is 0 Å². The molecule has 16 heteroatoms. The molecule has 1 heterocycles. The highest BCUT2D eigenvalue weighted by atomic mass is 31.2. The van der Waals surface area contributed by atoms with Crippen molar-refractivity contribution < 1.29 is 71.3 Å². The van der Waals surface area contributed by atoms with E-state index in [2.05, 4.69) is 4.52 Å². The highest BCUT2D eigenvalue weighted by molar-refractivity contribution is 7.46. The Morgan fingerprint density at radius 1 is 0.788 bits per heavy atom. The first-order valence-electron chi connectivity index (χ1n) is 9.32. The molecule has 0 aliphatic carbocycles. The second-order valence-electron chi connectivity index (χ2n) is 6.74. The number of rotatable bonds is 9. The Labute approximate surface area is 187 Å². The molecular weight excluding hydrogens is 475 g/mol. The lowest BCUT2D eigenvalue weighted by Gasteiger charge is -2.45. The Bertz CT molecular complexity index is 804. The van der Waals surface area contributed by atoms with Crippen LogP contribution in [0.4, 0.5) is 0 Å². The maximum Gasteiger partial charge on any atom is 0.472 e. The van der Waals surface area contributed by atoms with Gasteiger partial charge < -0.3 is 38.2 Å². The van der Waals surface area contributed by atoms with Gasteiger partial charge in [0, 0.05) is 34.6 Å². The first kappa shape index (κ1) is 28.5. The number of phosphoric acid groups is 1. The highest BCUT2D eigenvalue weighted by Gasteiger charge is 2.56. The quantitative estimate of drug-likeness (QED) is 0.224. The van der Waals surface area contributed by atoms with Crippen molar-refractivity contribution >= 4 is 37.7 Å². The standard InChI is InChI=1S/C17H25O15P/c1-7(18)26-6-12(27-8(2)19)13-14(28-9(3)20)15(29-10(4)21)16(30-11(5)22)17(31-13)32-33(23,24)25/h12-17H,6H2,1-5H3,(H2,23,24,25)/t12-,13?,14-,15?,16?,17+/m1/s1. The minimum atomic E-state index is -5.30. The van der Waals surface area contributed by atoms with Gasteiger partial charge in [-0.3, -0.25) is 28.5 Å². The Balaban J connectivity index is 3.58. The maximum atomic E-state index is 11.8. The van der Waals surface area contributed by atoms with Crippen molar-refractivity contribution in [2.24, 2.45) is 0 Å². The second-order valence-corrected chi connectivity index (χ2v) is 7.93. The minimum absolute atomic E-state index is 0.648. The third-order valence-electron chi connectivity index (χ3n) is 3.81. The molecule has 0 spiro atoms. The lowest BCUT2D eigenvalue weighted by molar-refractivity contribution is -0.302. The fourth-order valence-corrected chi connectivity index (χ4v) is 3.37. The van der Waals surface area contributed by atoms with Crippen molar-refractivity contribution in [3.05, 3.63) is 0 Å². The van der Waals surface area contributed by atoms with E-state index in [1.54, 1.807) is 0 Å². The van der Waals surface area contributed by atoms with Crippen LogP contribution >= 0.6 is 7.82 Å².